The van der Waals surface area contributed by atoms with E-state index in [9.17, 15) is 23.8 Å². The number of hydrogen-bond donors (Lipinski definition) is 2. The van der Waals surface area contributed by atoms with Crippen molar-refractivity contribution in [2.24, 2.45) is 0 Å². The summed E-state index contributed by atoms with van der Waals surface area (Å²) in [7, 11) is 0. The van der Waals surface area contributed by atoms with Crippen molar-refractivity contribution < 1.29 is 23.8 Å². The van der Waals surface area contributed by atoms with Gasteiger partial charge in [-0.3, -0.25) is 4.79 Å². The van der Waals surface area contributed by atoms with Gasteiger partial charge in [-0.2, -0.15) is 0 Å². The highest BCUT2D eigenvalue weighted by Crippen LogP contribution is 2.29. The van der Waals surface area contributed by atoms with E-state index in [1.165, 1.54) is 6.92 Å². The van der Waals surface area contributed by atoms with E-state index < -0.39 is 29.4 Å². The number of rotatable bonds is 4. The number of carbonyl (C=O) groups excluding carboxylic acids is 1. The Hall–Kier alpha value is -0.690. The summed E-state index contributed by atoms with van der Waals surface area (Å²) < 4.78 is 27.0. The van der Waals surface area contributed by atoms with Gasteiger partial charge < -0.3 is 10.2 Å². The molecule has 0 aliphatic rings. The lowest BCUT2D eigenvalue weighted by atomic mass is 10.0. The molecule has 2 unspecified atom stereocenters. The van der Waals surface area contributed by atoms with Gasteiger partial charge in [0.2, 0.25) is 0 Å². The first-order chi connectivity index (χ1) is 8.34. The maximum atomic E-state index is 13.6. The summed E-state index contributed by atoms with van der Waals surface area (Å²) >= 11 is 6.22. The maximum absolute atomic E-state index is 13.6. The molecule has 0 saturated heterocycles. The van der Waals surface area contributed by atoms with E-state index in [4.69, 9.17) is 11.6 Å². The van der Waals surface area contributed by atoms with Gasteiger partial charge in [0.1, 0.15) is 11.9 Å². The Labute approximate surface area is 112 Å². The molecule has 1 aromatic rings. The topological polar surface area (TPSA) is 57.5 Å². The molecule has 0 aromatic heterocycles. The Kier molecular flexibility index (Phi) is 5.52. The molecule has 1 aromatic carbocycles. The fourth-order valence-electron chi connectivity index (χ4n) is 1.30. The van der Waals surface area contributed by atoms with Crippen LogP contribution in [0.5, 0.6) is 0 Å². The van der Waals surface area contributed by atoms with Gasteiger partial charge in [-0.05, 0) is 12.1 Å². The number of benzene rings is 1. The molecule has 2 atom stereocenters. The molecule has 18 heavy (non-hydrogen) atoms. The standard InChI is InChI=1S/C11H11ClF2O3S/c1-5(15)18-4-8(16)11(17)9-7(13)3-2-6(12)10(9)14/h2-3,8,11,16-17H,4H2,1H3. The van der Waals surface area contributed by atoms with Crippen LogP contribution in [0.3, 0.4) is 0 Å². The second-order valence-corrected chi connectivity index (χ2v) is 5.18. The zero-order chi connectivity index (χ0) is 13.9. The molecule has 0 spiro atoms. The first-order valence-corrected chi connectivity index (χ1v) is 6.33. The van der Waals surface area contributed by atoms with Crippen LogP contribution in [0, 0.1) is 11.6 Å². The molecule has 0 aliphatic heterocycles. The molecular formula is C11H11ClF2O3S. The first kappa shape index (κ1) is 15.4. The van der Waals surface area contributed by atoms with E-state index >= 15 is 0 Å². The van der Waals surface area contributed by atoms with Gasteiger partial charge in [-0.1, -0.05) is 23.4 Å². The van der Waals surface area contributed by atoms with Gasteiger partial charge in [0.05, 0.1) is 16.7 Å². The maximum Gasteiger partial charge on any atom is 0.185 e. The molecule has 0 heterocycles. The Morgan fingerprint density at radius 2 is 2.06 bits per heavy atom. The highest BCUT2D eigenvalue weighted by Gasteiger charge is 2.26. The zero-order valence-electron chi connectivity index (χ0n) is 9.36. The number of aliphatic hydroxyl groups is 2. The lowest BCUT2D eigenvalue weighted by Crippen LogP contribution is -2.23. The van der Waals surface area contributed by atoms with Crippen LogP contribution in [0.25, 0.3) is 0 Å². The highest BCUT2D eigenvalue weighted by molar-refractivity contribution is 8.13. The molecular weight excluding hydrogens is 286 g/mol. The third kappa shape index (κ3) is 3.65. The monoisotopic (exact) mass is 296 g/mol. The molecule has 0 aliphatic carbocycles. The number of aliphatic hydroxyl groups excluding tert-OH is 2. The molecule has 2 N–H and O–H groups in total. The van der Waals surface area contributed by atoms with Crippen molar-refractivity contribution in [1.29, 1.82) is 0 Å². The summed E-state index contributed by atoms with van der Waals surface area (Å²) in [5.41, 5.74) is -0.695. The summed E-state index contributed by atoms with van der Waals surface area (Å²) in [5, 5.41) is 18.6. The van der Waals surface area contributed by atoms with Crippen molar-refractivity contribution in [1.82, 2.24) is 0 Å². The van der Waals surface area contributed by atoms with E-state index in [-0.39, 0.29) is 15.9 Å². The van der Waals surface area contributed by atoms with E-state index in [1.54, 1.807) is 0 Å². The summed E-state index contributed by atoms with van der Waals surface area (Å²) in [6.45, 7) is 1.28. The fourth-order valence-corrected chi connectivity index (χ4v) is 2.05. The Balaban J connectivity index is 2.92. The van der Waals surface area contributed by atoms with Crippen LogP contribution in [0.2, 0.25) is 5.02 Å². The third-order valence-electron chi connectivity index (χ3n) is 2.20. The van der Waals surface area contributed by atoms with Gasteiger partial charge in [0.25, 0.3) is 0 Å². The van der Waals surface area contributed by atoms with Crippen LogP contribution in [-0.4, -0.2) is 27.2 Å². The van der Waals surface area contributed by atoms with E-state index in [0.717, 1.165) is 23.9 Å². The highest BCUT2D eigenvalue weighted by atomic mass is 35.5. The summed E-state index contributed by atoms with van der Waals surface area (Å²) in [4.78, 5) is 10.7. The van der Waals surface area contributed by atoms with Gasteiger partial charge >= 0.3 is 0 Å². The molecule has 1 rings (SSSR count). The van der Waals surface area contributed by atoms with Crippen molar-refractivity contribution in [3.63, 3.8) is 0 Å². The average Bonchev–Trinajstić information content (AvgIpc) is 2.31. The molecule has 0 bridgehead atoms. The minimum atomic E-state index is -1.78. The van der Waals surface area contributed by atoms with Gasteiger partial charge in [-0.15, -0.1) is 0 Å². The molecule has 3 nitrogen and oxygen atoms in total. The smallest absolute Gasteiger partial charge is 0.185 e. The van der Waals surface area contributed by atoms with Gasteiger partial charge in [0, 0.05) is 12.7 Å². The molecule has 0 fully saturated rings. The van der Waals surface area contributed by atoms with Crippen LogP contribution < -0.4 is 0 Å². The van der Waals surface area contributed by atoms with Crippen LogP contribution in [0.15, 0.2) is 12.1 Å². The normalized spacial score (nSPS) is 14.3. The van der Waals surface area contributed by atoms with Crippen molar-refractivity contribution in [2.45, 2.75) is 19.1 Å². The van der Waals surface area contributed by atoms with Crippen molar-refractivity contribution >= 4 is 28.5 Å². The van der Waals surface area contributed by atoms with Crippen LogP contribution in [-0.2, 0) is 4.79 Å². The fraction of sp³-hybridized carbons (Fsp3) is 0.364. The van der Waals surface area contributed by atoms with Crippen molar-refractivity contribution in [3.05, 3.63) is 34.4 Å². The number of halogens is 3. The van der Waals surface area contributed by atoms with Crippen molar-refractivity contribution in [3.8, 4) is 0 Å². The van der Waals surface area contributed by atoms with Crippen molar-refractivity contribution in [2.75, 3.05) is 5.75 Å². The first-order valence-electron chi connectivity index (χ1n) is 4.97. The van der Waals surface area contributed by atoms with Crippen LogP contribution in [0.4, 0.5) is 8.78 Å². The quantitative estimate of drug-likeness (QED) is 0.837. The number of thioether (sulfide) groups is 1. The van der Waals surface area contributed by atoms with E-state index in [1.807, 2.05) is 0 Å². The molecule has 0 saturated carbocycles. The molecule has 0 amide bonds. The Morgan fingerprint density at radius 1 is 1.44 bits per heavy atom. The molecule has 7 heteroatoms. The van der Waals surface area contributed by atoms with Crippen LogP contribution in [0.1, 0.15) is 18.6 Å². The number of carbonyl (C=O) groups is 1. The summed E-state index contributed by atoms with van der Waals surface area (Å²) in [6.07, 6.45) is -3.25. The third-order valence-corrected chi connectivity index (χ3v) is 3.40. The summed E-state index contributed by atoms with van der Waals surface area (Å²) in [5.74, 6) is -2.28. The minimum absolute atomic E-state index is 0.165. The second-order valence-electron chi connectivity index (χ2n) is 3.57. The predicted molar refractivity (Wildman–Crippen MR) is 65.5 cm³/mol. The lowest BCUT2D eigenvalue weighted by Gasteiger charge is -2.18. The largest absolute Gasteiger partial charge is 0.389 e. The van der Waals surface area contributed by atoms with E-state index in [2.05, 4.69) is 0 Å². The average molecular weight is 297 g/mol. The zero-order valence-corrected chi connectivity index (χ0v) is 10.9. The van der Waals surface area contributed by atoms with E-state index in [0.29, 0.717) is 0 Å². The second kappa shape index (κ2) is 6.47. The Bertz CT molecular complexity index is 456. The number of hydrogen-bond acceptors (Lipinski definition) is 4. The molecule has 100 valence electrons. The van der Waals surface area contributed by atoms with Gasteiger partial charge in [-0.25, -0.2) is 8.78 Å². The predicted octanol–water partition coefficient (Wildman–Crippen LogP) is 2.29. The Morgan fingerprint density at radius 3 is 2.61 bits per heavy atom. The summed E-state index contributed by atoms with van der Waals surface area (Å²) in [6, 6.07) is 1.91. The SMILES string of the molecule is CC(=O)SCC(O)C(O)c1c(F)ccc(Cl)c1F. The van der Waals surface area contributed by atoms with Crippen LogP contribution >= 0.6 is 23.4 Å². The minimum Gasteiger partial charge on any atom is -0.389 e. The lowest BCUT2D eigenvalue weighted by molar-refractivity contribution is -0.109. The molecule has 0 radical (unpaired) electrons. The van der Waals surface area contributed by atoms with Gasteiger partial charge in [0.15, 0.2) is 10.9 Å².